The first-order valence-electron chi connectivity index (χ1n) is 7.51. The fraction of sp³-hybridized carbons (Fsp3) is 0.222. The van der Waals surface area contributed by atoms with Crippen LogP contribution in [0.3, 0.4) is 0 Å². The van der Waals surface area contributed by atoms with Crippen molar-refractivity contribution < 1.29 is 9.59 Å². The molecular formula is C18H17ClN2O2. The van der Waals surface area contributed by atoms with Crippen molar-refractivity contribution >= 4 is 34.8 Å². The summed E-state index contributed by atoms with van der Waals surface area (Å²) >= 11 is 5.83. The third-order valence-corrected chi connectivity index (χ3v) is 4.06. The maximum atomic E-state index is 12.3. The van der Waals surface area contributed by atoms with Crippen molar-refractivity contribution in [3.8, 4) is 0 Å². The molecule has 2 N–H and O–H groups in total. The Balaban J connectivity index is 1.74. The lowest BCUT2D eigenvalue weighted by atomic mass is 10.1. The average Bonchev–Trinajstić information content (AvgIpc) is 3.36. The maximum Gasteiger partial charge on any atom is 0.255 e. The van der Waals surface area contributed by atoms with Gasteiger partial charge in [-0.3, -0.25) is 9.59 Å². The molecule has 2 amide bonds. The van der Waals surface area contributed by atoms with E-state index in [1.165, 1.54) is 0 Å². The molecule has 1 aliphatic carbocycles. The zero-order valence-electron chi connectivity index (χ0n) is 12.7. The minimum absolute atomic E-state index is 0.0452. The van der Waals surface area contributed by atoms with Gasteiger partial charge in [-0.15, -0.1) is 0 Å². The van der Waals surface area contributed by atoms with Crippen LogP contribution in [0.5, 0.6) is 0 Å². The number of rotatable bonds is 4. The first-order chi connectivity index (χ1) is 11.0. The SMILES string of the molecule is Cc1ccc(NC(=O)C2CC2)cc1NC(=O)c1ccc(Cl)cc1. The summed E-state index contributed by atoms with van der Waals surface area (Å²) < 4.78 is 0. The van der Waals surface area contributed by atoms with Crippen LogP contribution >= 0.6 is 11.6 Å². The highest BCUT2D eigenvalue weighted by Gasteiger charge is 2.29. The lowest BCUT2D eigenvalue weighted by Gasteiger charge is -2.11. The highest BCUT2D eigenvalue weighted by molar-refractivity contribution is 6.30. The Morgan fingerprint density at radius 2 is 1.74 bits per heavy atom. The molecule has 0 unspecified atom stereocenters. The van der Waals surface area contributed by atoms with Crippen LogP contribution < -0.4 is 10.6 Å². The van der Waals surface area contributed by atoms with E-state index in [0.717, 1.165) is 18.4 Å². The van der Waals surface area contributed by atoms with E-state index in [1.807, 2.05) is 19.1 Å². The van der Waals surface area contributed by atoms with Crippen LogP contribution in [-0.4, -0.2) is 11.8 Å². The Hall–Kier alpha value is -2.33. The van der Waals surface area contributed by atoms with E-state index in [4.69, 9.17) is 11.6 Å². The monoisotopic (exact) mass is 328 g/mol. The number of carbonyl (C=O) groups is 2. The topological polar surface area (TPSA) is 58.2 Å². The van der Waals surface area contributed by atoms with Crippen LogP contribution in [0, 0.1) is 12.8 Å². The zero-order valence-corrected chi connectivity index (χ0v) is 13.5. The molecule has 1 saturated carbocycles. The summed E-state index contributed by atoms with van der Waals surface area (Å²) in [7, 11) is 0. The molecule has 118 valence electrons. The van der Waals surface area contributed by atoms with Crippen LogP contribution in [0.4, 0.5) is 11.4 Å². The summed E-state index contributed by atoms with van der Waals surface area (Å²) in [4.78, 5) is 24.1. The molecule has 23 heavy (non-hydrogen) atoms. The van der Waals surface area contributed by atoms with E-state index in [2.05, 4.69) is 10.6 Å². The molecule has 0 spiro atoms. The van der Waals surface area contributed by atoms with E-state index in [0.29, 0.717) is 22.0 Å². The summed E-state index contributed by atoms with van der Waals surface area (Å²) in [5.41, 5.74) is 2.83. The van der Waals surface area contributed by atoms with Gasteiger partial charge in [-0.2, -0.15) is 0 Å². The maximum absolute atomic E-state index is 12.3. The number of amides is 2. The average molecular weight is 329 g/mol. The van der Waals surface area contributed by atoms with Crippen molar-refractivity contribution in [1.29, 1.82) is 0 Å². The van der Waals surface area contributed by atoms with Gasteiger partial charge in [0, 0.05) is 27.9 Å². The summed E-state index contributed by atoms with van der Waals surface area (Å²) in [6.45, 7) is 1.91. The van der Waals surface area contributed by atoms with E-state index in [9.17, 15) is 9.59 Å². The minimum atomic E-state index is -0.213. The Morgan fingerprint density at radius 3 is 2.39 bits per heavy atom. The van der Waals surface area contributed by atoms with Gasteiger partial charge >= 0.3 is 0 Å². The summed E-state index contributed by atoms with van der Waals surface area (Å²) in [6, 6.07) is 12.2. The zero-order chi connectivity index (χ0) is 16.4. The second kappa shape index (κ2) is 6.42. The van der Waals surface area contributed by atoms with Crippen LogP contribution in [0.2, 0.25) is 5.02 Å². The van der Waals surface area contributed by atoms with Gasteiger partial charge in [0.1, 0.15) is 0 Å². The van der Waals surface area contributed by atoms with Gasteiger partial charge < -0.3 is 10.6 Å². The van der Waals surface area contributed by atoms with Crippen LogP contribution in [0.25, 0.3) is 0 Å². The molecule has 0 atom stereocenters. The molecule has 0 radical (unpaired) electrons. The largest absolute Gasteiger partial charge is 0.326 e. The third kappa shape index (κ3) is 3.90. The predicted molar refractivity (Wildman–Crippen MR) is 91.9 cm³/mol. The molecule has 0 saturated heterocycles. The summed E-state index contributed by atoms with van der Waals surface area (Å²) in [6.07, 6.45) is 1.91. The number of carbonyl (C=O) groups excluding carboxylic acids is 2. The molecule has 0 heterocycles. The molecule has 0 aliphatic heterocycles. The Bertz CT molecular complexity index is 752. The highest BCUT2D eigenvalue weighted by atomic mass is 35.5. The van der Waals surface area contributed by atoms with E-state index in [1.54, 1.807) is 30.3 Å². The predicted octanol–water partition coefficient (Wildman–Crippen LogP) is 4.25. The standard InChI is InChI=1S/C18H17ClN2O2/c1-11-2-9-15(20-17(22)12-3-4-12)10-16(11)21-18(23)13-5-7-14(19)8-6-13/h2,5-10,12H,3-4H2,1H3,(H,20,22)(H,21,23). The second-order valence-corrected chi connectivity index (χ2v) is 6.19. The van der Waals surface area contributed by atoms with Crippen LogP contribution in [0.15, 0.2) is 42.5 Å². The first kappa shape index (κ1) is 15.6. The highest BCUT2D eigenvalue weighted by Crippen LogP contribution is 2.31. The van der Waals surface area contributed by atoms with Gasteiger partial charge in [0.05, 0.1) is 0 Å². The molecule has 1 fully saturated rings. The lowest BCUT2D eigenvalue weighted by Crippen LogP contribution is -2.15. The van der Waals surface area contributed by atoms with Gasteiger partial charge in [0.25, 0.3) is 5.91 Å². The smallest absolute Gasteiger partial charge is 0.255 e. The first-order valence-corrected chi connectivity index (χ1v) is 7.89. The van der Waals surface area contributed by atoms with Crippen molar-refractivity contribution in [1.82, 2.24) is 0 Å². The molecule has 0 bridgehead atoms. The fourth-order valence-electron chi connectivity index (χ4n) is 2.22. The van der Waals surface area contributed by atoms with Crippen molar-refractivity contribution in [2.75, 3.05) is 10.6 Å². The Morgan fingerprint density at radius 1 is 1.04 bits per heavy atom. The summed E-state index contributed by atoms with van der Waals surface area (Å²) in [5, 5.41) is 6.34. The van der Waals surface area contributed by atoms with Crippen molar-refractivity contribution in [3.63, 3.8) is 0 Å². The molecular weight excluding hydrogens is 312 g/mol. The molecule has 0 aromatic heterocycles. The van der Waals surface area contributed by atoms with Crippen molar-refractivity contribution in [3.05, 3.63) is 58.6 Å². The number of benzene rings is 2. The van der Waals surface area contributed by atoms with E-state index >= 15 is 0 Å². The molecule has 3 rings (SSSR count). The molecule has 4 nitrogen and oxygen atoms in total. The number of aryl methyl sites for hydroxylation is 1. The number of anilines is 2. The fourth-order valence-corrected chi connectivity index (χ4v) is 2.35. The van der Waals surface area contributed by atoms with E-state index in [-0.39, 0.29) is 17.7 Å². The molecule has 1 aliphatic rings. The minimum Gasteiger partial charge on any atom is -0.326 e. The summed E-state index contributed by atoms with van der Waals surface area (Å²) in [5.74, 6) is -0.0253. The van der Waals surface area contributed by atoms with Crippen LogP contribution in [-0.2, 0) is 4.79 Å². The number of hydrogen-bond donors (Lipinski definition) is 2. The van der Waals surface area contributed by atoms with Crippen LogP contribution in [0.1, 0.15) is 28.8 Å². The van der Waals surface area contributed by atoms with Gasteiger partial charge in [0.15, 0.2) is 0 Å². The quantitative estimate of drug-likeness (QED) is 0.881. The third-order valence-electron chi connectivity index (χ3n) is 3.81. The van der Waals surface area contributed by atoms with Gasteiger partial charge in [-0.1, -0.05) is 17.7 Å². The van der Waals surface area contributed by atoms with Crippen molar-refractivity contribution in [2.24, 2.45) is 5.92 Å². The van der Waals surface area contributed by atoms with Gasteiger partial charge in [-0.25, -0.2) is 0 Å². The molecule has 5 heteroatoms. The molecule has 2 aromatic rings. The second-order valence-electron chi connectivity index (χ2n) is 5.75. The Labute approximate surface area is 139 Å². The van der Waals surface area contributed by atoms with Gasteiger partial charge in [-0.05, 0) is 61.7 Å². The number of halogens is 1. The Kier molecular flexibility index (Phi) is 4.35. The normalized spacial score (nSPS) is 13.5. The number of nitrogens with one attached hydrogen (secondary N) is 2. The molecule has 2 aromatic carbocycles. The van der Waals surface area contributed by atoms with Crippen molar-refractivity contribution in [2.45, 2.75) is 19.8 Å². The number of hydrogen-bond acceptors (Lipinski definition) is 2. The van der Waals surface area contributed by atoms with Gasteiger partial charge in [0.2, 0.25) is 5.91 Å². The van der Waals surface area contributed by atoms with E-state index < -0.39 is 0 Å². The lowest BCUT2D eigenvalue weighted by molar-refractivity contribution is -0.117.